The molecule has 0 amide bonds. The van der Waals surface area contributed by atoms with Gasteiger partial charge in [-0.1, -0.05) is 17.3 Å². The quantitative estimate of drug-likeness (QED) is 0.485. The number of benzene rings is 2. The van der Waals surface area contributed by atoms with Crippen LogP contribution in [0.2, 0.25) is 0 Å². The van der Waals surface area contributed by atoms with Crippen LogP contribution in [-0.4, -0.2) is 25.0 Å². The lowest BCUT2D eigenvalue weighted by Crippen LogP contribution is -2.12. The van der Waals surface area contributed by atoms with Crippen LogP contribution < -0.4 is 5.73 Å². The lowest BCUT2D eigenvalue weighted by atomic mass is 10.0. The highest BCUT2D eigenvalue weighted by molar-refractivity contribution is 5.88. The molecule has 8 nitrogen and oxygen atoms in total. The van der Waals surface area contributed by atoms with Crippen LogP contribution in [0.3, 0.4) is 0 Å². The molecular formula is C20H10F4N8. The van der Waals surface area contributed by atoms with Gasteiger partial charge in [0.15, 0.2) is 11.2 Å². The van der Waals surface area contributed by atoms with Gasteiger partial charge in [0.25, 0.3) is 0 Å². The summed E-state index contributed by atoms with van der Waals surface area (Å²) in [6.07, 6.45) is -4.85. The largest absolute Gasteiger partial charge is 0.419 e. The number of anilines is 1. The fourth-order valence-corrected chi connectivity index (χ4v) is 3.16. The predicted octanol–water partition coefficient (Wildman–Crippen LogP) is 3.42. The van der Waals surface area contributed by atoms with Crippen molar-refractivity contribution in [3.8, 4) is 23.4 Å². The highest BCUT2D eigenvalue weighted by Crippen LogP contribution is 2.33. The zero-order valence-corrected chi connectivity index (χ0v) is 15.9. The van der Waals surface area contributed by atoms with E-state index in [-0.39, 0.29) is 39.5 Å². The molecule has 4 aromatic rings. The average Bonchev–Trinajstić information content (AvgIpc) is 3.15. The number of hydrogen-bond donors (Lipinski definition) is 1. The maximum Gasteiger partial charge on any atom is 0.419 e. The van der Waals surface area contributed by atoms with Gasteiger partial charge >= 0.3 is 6.18 Å². The van der Waals surface area contributed by atoms with Crippen molar-refractivity contribution in [2.75, 3.05) is 5.73 Å². The molecule has 4 rings (SSSR count). The van der Waals surface area contributed by atoms with E-state index in [0.29, 0.717) is 11.6 Å². The number of nitrogens with zero attached hydrogens (tertiary/aromatic N) is 7. The third-order valence-corrected chi connectivity index (χ3v) is 4.55. The molecule has 0 aliphatic rings. The van der Waals surface area contributed by atoms with Crippen molar-refractivity contribution in [3.05, 3.63) is 64.5 Å². The van der Waals surface area contributed by atoms with Crippen molar-refractivity contribution < 1.29 is 17.6 Å². The third kappa shape index (κ3) is 3.65. The first kappa shape index (κ1) is 20.7. The summed E-state index contributed by atoms with van der Waals surface area (Å²) < 4.78 is 54.6. The Kier molecular flexibility index (Phi) is 4.91. The van der Waals surface area contributed by atoms with Crippen LogP contribution in [0.15, 0.2) is 36.4 Å². The van der Waals surface area contributed by atoms with Gasteiger partial charge < -0.3 is 5.73 Å². The molecule has 0 saturated carbocycles. The molecular weight excluding hydrogens is 428 g/mol. The molecule has 158 valence electrons. The number of aromatic nitrogens is 5. The number of fused-ring (bicyclic) bond motifs is 1. The molecule has 0 atom stereocenters. The summed E-state index contributed by atoms with van der Waals surface area (Å²) in [5.41, 5.74) is 5.19. The molecule has 12 heteroatoms. The zero-order valence-electron chi connectivity index (χ0n) is 15.9. The highest BCUT2D eigenvalue weighted by Gasteiger charge is 2.35. The summed E-state index contributed by atoms with van der Waals surface area (Å²) >= 11 is 0. The first-order valence-electron chi connectivity index (χ1n) is 8.88. The molecule has 2 aromatic carbocycles. The number of rotatable bonds is 3. The number of halogens is 4. The minimum absolute atomic E-state index is 0.0465. The maximum atomic E-state index is 14.5. The molecule has 0 spiro atoms. The lowest BCUT2D eigenvalue weighted by Gasteiger charge is -2.11. The third-order valence-electron chi connectivity index (χ3n) is 4.55. The molecule has 0 radical (unpaired) electrons. The number of alkyl halides is 3. The van der Waals surface area contributed by atoms with Gasteiger partial charge in [0.05, 0.1) is 35.4 Å². The van der Waals surface area contributed by atoms with Crippen LogP contribution >= 0.6 is 0 Å². The summed E-state index contributed by atoms with van der Waals surface area (Å²) in [6, 6.07) is 11.1. The number of nitrogen functional groups attached to an aromatic ring is 1. The highest BCUT2D eigenvalue weighted by atomic mass is 19.4. The Bertz CT molecular complexity index is 1410. The second-order valence-electron chi connectivity index (χ2n) is 6.65. The van der Waals surface area contributed by atoms with E-state index >= 15 is 0 Å². The summed E-state index contributed by atoms with van der Waals surface area (Å²) in [5, 5.41) is 26.2. The van der Waals surface area contributed by atoms with Gasteiger partial charge in [-0.25, -0.2) is 14.1 Å². The molecule has 0 fully saturated rings. The second kappa shape index (κ2) is 7.59. The number of nitriles is 2. The maximum absolute atomic E-state index is 14.5. The van der Waals surface area contributed by atoms with Gasteiger partial charge in [-0.05, 0) is 24.3 Å². The van der Waals surface area contributed by atoms with Crippen LogP contribution in [0, 0.1) is 28.5 Å². The van der Waals surface area contributed by atoms with E-state index in [9.17, 15) is 28.1 Å². The van der Waals surface area contributed by atoms with Gasteiger partial charge in [0, 0.05) is 11.1 Å². The average molecular weight is 438 g/mol. The van der Waals surface area contributed by atoms with E-state index in [1.165, 1.54) is 24.3 Å². The first-order valence-corrected chi connectivity index (χ1v) is 8.88. The van der Waals surface area contributed by atoms with Crippen LogP contribution in [0.4, 0.5) is 23.5 Å². The van der Waals surface area contributed by atoms with Gasteiger partial charge in [-0.15, -0.1) is 5.10 Å². The first-order chi connectivity index (χ1) is 15.2. The van der Waals surface area contributed by atoms with Crippen molar-refractivity contribution in [1.82, 2.24) is 25.0 Å². The molecule has 32 heavy (non-hydrogen) atoms. The Labute approximate surface area is 177 Å². The van der Waals surface area contributed by atoms with Gasteiger partial charge in [0.2, 0.25) is 5.95 Å². The van der Waals surface area contributed by atoms with E-state index < -0.39 is 24.1 Å². The molecule has 2 aromatic heterocycles. The van der Waals surface area contributed by atoms with Crippen molar-refractivity contribution >= 4 is 17.1 Å². The SMILES string of the molecule is N#Cc1cc(C#N)cc(-c2nc(N)nc3c2nnn3Cc2cccc(C(F)(F)F)c2F)c1. The Hall–Kier alpha value is -4.58. The molecule has 0 saturated heterocycles. The Morgan fingerprint density at radius 2 is 1.72 bits per heavy atom. The van der Waals surface area contributed by atoms with Crippen molar-refractivity contribution in [2.24, 2.45) is 0 Å². The zero-order chi connectivity index (χ0) is 23.0. The van der Waals surface area contributed by atoms with Crippen molar-refractivity contribution in [1.29, 1.82) is 10.5 Å². The summed E-state index contributed by atoms with van der Waals surface area (Å²) in [7, 11) is 0. The van der Waals surface area contributed by atoms with Gasteiger partial charge in [-0.3, -0.25) is 0 Å². The standard InChI is InChI=1S/C20H10F4N8/c21-15-12(2-1-3-14(15)20(22,23)24)9-32-18-17(30-31-32)16(28-19(27)29-18)13-5-10(7-25)4-11(6-13)8-26/h1-6H,9H2,(H2,27,28,29). The topological polar surface area (TPSA) is 130 Å². The van der Waals surface area contributed by atoms with Crippen LogP contribution in [0.25, 0.3) is 22.4 Å². The predicted molar refractivity (Wildman–Crippen MR) is 103 cm³/mol. The van der Waals surface area contributed by atoms with Gasteiger partial charge in [-0.2, -0.15) is 28.7 Å². The van der Waals surface area contributed by atoms with E-state index in [1.807, 2.05) is 12.1 Å². The summed E-state index contributed by atoms with van der Waals surface area (Å²) in [4.78, 5) is 8.15. The minimum atomic E-state index is -4.85. The van der Waals surface area contributed by atoms with Crippen molar-refractivity contribution in [2.45, 2.75) is 12.7 Å². The molecule has 0 aliphatic heterocycles. The molecule has 0 aliphatic carbocycles. The van der Waals surface area contributed by atoms with E-state index in [4.69, 9.17) is 5.73 Å². The smallest absolute Gasteiger partial charge is 0.368 e. The van der Waals surface area contributed by atoms with Crippen molar-refractivity contribution in [3.63, 3.8) is 0 Å². The van der Waals surface area contributed by atoms with Gasteiger partial charge in [0.1, 0.15) is 11.5 Å². The molecule has 0 bridgehead atoms. The number of nitrogens with two attached hydrogens (primary N) is 1. The van der Waals surface area contributed by atoms with Crippen LogP contribution in [-0.2, 0) is 12.7 Å². The Morgan fingerprint density at radius 1 is 1.03 bits per heavy atom. The monoisotopic (exact) mass is 438 g/mol. The van der Waals surface area contributed by atoms with Crippen LogP contribution in [0.5, 0.6) is 0 Å². The number of hydrogen-bond acceptors (Lipinski definition) is 7. The normalized spacial score (nSPS) is 11.3. The minimum Gasteiger partial charge on any atom is -0.368 e. The Morgan fingerprint density at radius 3 is 2.34 bits per heavy atom. The Balaban J connectivity index is 1.85. The summed E-state index contributed by atoms with van der Waals surface area (Å²) in [5.74, 6) is -1.63. The molecule has 2 N–H and O–H groups in total. The van der Waals surface area contributed by atoms with E-state index in [1.54, 1.807) is 0 Å². The fraction of sp³-hybridized carbons (Fsp3) is 0.100. The summed E-state index contributed by atoms with van der Waals surface area (Å²) in [6.45, 7) is -0.399. The van der Waals surface area contributed by atoms with E-state index in [0.717, 1.165) is 10.7 Å². The molecule has 2 heterocycles. The molecule has 0 unspecified atom stereocenters. The van der Waals surface area contributed by atoms with Crippen LogP contribution in [0.1, 0.15) is 22.3 Å². The fourth-order valence-electron chi connectivity index (χ4n) is 3.16. The van der Waals surface area contributed by atoms with E-state index in [2.05, 4.69) is 20.3 Å². The lowest BCUT2D eigenvalue weighted by molar-refractivity contribution is -0.140. The second-order valence-corrected chi connectivity index (χ2v) is 6.65.